The van der Waals surface area contributed by atoms with Gasteiger partial charge in [0, 0.05) is 16.1 Å². The lowest BCUT2D eigenvalue weighted by Gasteiger charge is -2.20. The molecule has 3 nitrogen and oxygen atoms in total. The first kappa shape index (κ1) is 16.3. The topological polar surface area (TPSA) is 34.2 Å². The first-order valence-electron chi connectivity index (χ1n) is 6.20. The maximum atomic E-state index is 14.2. The van der Waals surface area contributed by atoms with Crippen molar-refractivity contribution < 1.29 is 22.4 Å². The summed E-state index contributed by atoms with van der Waals surface area (Å²) < 4.78 is 52.0. The molecule has 1 aromatic rings. The summed E-state index contributed by atoms with van der Waals surface area (Å²) >= 11 is 5.18. The number of nitrogens with zero attached hydrogens (tertiary/aromatic N) is 1. The highest BCUT2D eigenvalue weighted by Gasteiger charge is 2.46. The van der Waals surface area contributed by atoms with Gasteiger partial charge in [0.05, 0.1) is 0 Å². The molecule has 0 bridgehead atoms. The average molecular weight is 322 g/mol. The molecule has 2 unspecified atom stereocenters. The predicted molar refractivity (Wildman–Crippen MR) is 72.7 cm³/mol. The Morgan fingerprint density at radius 1 is 1.38 bits per heavy atom. The summed E-state index contributed by atoms with van der Waals surface area (Å²) in [4.78, 5) is 8.75. The van der Waals surface area contributed by atoms with Crippen molar-refractivity contribution in [2.75, 3.05) is 0 Å². The zero-order valence-corrected chi connectivity index (χ0v) is 12.4. The predicted octanol–water partition coefficient (Wildman–Crippen LogP) is 3.15. The van der Waals surface area contributed by atoms with Crippen LogP contribution >= 0.6 is 12.2 Å². The Morgan fingerprint density at radius 3 is 2.43 bits per heavy atom. The monoisotopic (exact) mass is 322 g/mol. The molecule has 1 N–H and O–H groups in total. The highest BCUT2D eigenvalue weighted by Crippen LogP contribution is 2.31. The third-order valence-electron chi connectivity index (χ3n) is 3.33. The maximum absolute atomic E-state index is 14.2. The third kappa shape index (κ3) is 3.07. The van der Waals surface area contributed by atoms with Gasteiger partial charge in [-0.2, -0.15) is 18.7 Å². The van der Waals surface area contributed by atoms with Gasteiger partial charge in [-0.15, -0.1) is 0 Å². The molecular weight excluding hydrogens is 308 g/mol. The van der Waals surface area contributed by atoms with Crippen molar-refractivity contribution >= 4 is 17.1 Å². The number of halogens is 4. The number of pyridine rings is 1. The van der Waals surface area contributed by atoms with Crippen LogP contribution in [0.1, 0.15) is 30.8 Å². The molecule has 1 aromatic heterocycles. The number of aryl methyl sites for hydroxylation is 1. The van der Waals surface area contributed by atoms with Gasteiger partial charge in [-0.25, -0.2) is 9.37 Å². The second-order valence-corrected chi connectivity index (χ2v) is 5.83. The largest absolute Gasteiger partial charge is 0.433 e. The average Bonchev–Trinajstić information content (AvgIpc) is 2.62. The van der Waals surface area contributed by atoms with E-state index in [0.717, 1.165) is 6.07 Å². The summed E-state index contributed by atoms with van der Waals surface area (Å²) in [6.07, 6.45) is -5.93. The Hall–Kier alpha value is -1.12. The van der Waals surface area contributed by atoms with Crippen molar-refractivity contribution in [3.63, 3.8) is 0 Å². The molecule has 0 radical (unpaired) electrons. The number of hydrogen-bond acceptors (Lipinski definition) is 4. The fourth-order valence-corrected chi connectivity index (χ4v) is 2.45. The Balaban J connectivity index is 2.29. The van der Waals surface area contributed by atoms with Gasteiger partial charge in [0.15, 0.2) is 6.17 Å². The number of nitrogens with one attached hydrogen (secondary N) is 1. The van der Waals surface area contributed by atoms with Gasteiger partial charge in [-0.1, -0.05) is 12.2 Å². The van der Waals surface area contributed by atoms with Crippen LogP contribution in [0.4, 0.5) is 17.6 Å². The summed E-state index contributed by atoms with van der Waals surface area (Å²) in [5.74, 6) is 0. The van der Waals surface area contributed by atoms with E-state index >= 15 is 0 Å². The van der Waals surface area contributed by atoms with Gasteiger partial charge >= 0.3 is 6.18 Å². The van der Waals surface area contributed by atoms with Crippen molar-refractivity contribution in [1.82, 2.24) is 10.5 Å². The van der Waals surface area contributed by atoms with Gasteiger partial charge in [0.25, 0.3) is 0 Å². The fourth-order valence-electron chi connectivity index (χ4n) is 2.07. The Kier molecular flexibility index (Phi) is 4.07. The first-order chi connectivity index (χ1) is 9.54. The molecule has 0 spiro atoms. The van der Waals surface area contributed by atoms with E-state index in [1.807, 2.05) is 0 Å². The van der Waals surface area contributed by atoms with Crippen molar-refractivity contribution in [3.8, 4) is 0 Å². The molecule has 21 heavy (non-hydrogen) atoms. The molecule has 0 aromatic carbocycles. The second kappa shape index (κ2) is 5.26. The summed E-state index contributed by atoms with van der Waals surface area (Å²) in [6.45, 7) is 4.53. The Morgan fingerprint density at radius 2 is 2.00 bits per heavy atom. The van der Waals surface area contributed by atoms with E-state index in [1.54, 1.807) is 13.8 Å². The van der Waals surface area contributed by atoms with Crippen LogP contribution in [0.15, 0.2) is 12.1 Å². The van der Waals surface area contributed by atoms with E-state index in [2.05, 4.69) is 10.5 Å². The molecule has 116 valence electrons. The maximum Gasteiger partial charge on any atom is 0.433 e. The van der Waals surface area contributed by atoms with E-state index in [9.17, 15) is 17.6 Å². The van der Waals surface area contributed by atoms with E-state index in [1.165, 1.54) is 13.0 Å². The summed E-state index contributed by atoms with van der Waals surface area (Å²) in [5, 5.41) is 0. The molecule has 1 aliphatic heterocycles. The zero-order chi connectivity index (χ0) is 16.0. The van der Waals surface area contributed by atoms with Gasteiger partial charge in [-0.05, 0) is 32.9 Å². The molecular formula is C13H14F4N2OS. The van der Waals surface area contributed by atoms with Crippen molar-refractivity contribution in [3.05, 3.63) is 29.1 Å². The third-order valence-corrected chi connectivity index (χ3v) is 3.80. The standard InChI is InChI=1S/C13H14F4N2OS/c1-6-7(4-5-8(18-6)13(15,16)17)10(21)9-11(14)12(2,3)20-19-9/h4-5,9,11,19H,1-3H3. The van der Waals surface area contributed by atoms with Crippen LogP contribution in [0.25, 0.3) is 0 Å². The second-order valence-electron chi connectivity index (χ2n) is 5.39. The van der Waals surface area contributed by atoms with Crippen LogP contribution in [0.2, 0.25) is 0 Å². The summed E-state index contributed by atoms with van der Waals surface area (Å²) in [6, 6.07) is 1.16. The summed E-state index contributed by atoms with van der Waals surface area (Å²) in [7, 11) is 0. The lowest BCUT2D eigenvalue weighted by Crippen LogP contribution is -2.40. The lowest BCUT2D eigenvalue weighted by molar-refractivity contribution is -0.141. The highest BCUT2D eigenvalue weighted by molar-refractivity contribution is 7.81. The summed E-state index contributed by atoms with van der Waals surface area (Å²) in [5.41, 5.74) is 0.857. The molecule has 0 saturated carbocycles. The number of alkyl halides is 4. The lowest BCUT2D eigenvalue weighted by atomic mass is 9.93. The number of hydrogen-bond donors (Lipinski definition) is 1. The molecule has 2 atom stereocenters. The minimum absolute atomic E-state index is 0.105. The van der Waals surface area contributed by atoms with Crippen molar-refractivity contribution in [1.29, 1.82) is 0 Å². The minimum atomic E-state index is -4.52. The molecule has 1 saturated heterocycles. The Labute approximate surface area is 124 Å². The molecule has 2 heterocycles. The first-order valence-corrected chi connectivity index (χ1v) is 6.61. The van der Waals surface area contributed by atoms with Gasteiger partial charge < -0.3 is 0 Å². The van der Waals surface area contributed by atoms with E-state index < -0.39 is 29.7 Å². The quantitative estimate of drug-likeness (QED) is 0.515. The van der Waals surface area contributed by atoms with Crippen LogP contribution in [-0.2, 0) is 11.0 Å². The molecule has 1 fully saturated rings. The number of hydroxylamine groups is 1. The number of aromatic nitrogens is 1. The van der Waals surface area contributed by atoms with Crippen LogP contribution in [0.3, 0.4) is 0 Å². The highest BCUT2D eigenvalue weighted by atomic mass is 32.1. The molecule has 0 aliphatic carbocycles. The van der Waals surface area contributed by atoms with Gasteiger partial charge in [0.2, 0.25) is 0 Å². The molecule has 2 rings (SSSR count). The SMILES string of the molecule is Cc1nc(C(F)(F)F)ccc1C(=S)C1NOC(C)(C)C1F. The molecule has 1 aliphatic rings. The van der Waals surface area contributed by atoms with E-state index in [0.29, 0.717) is 5.56 Å². The number of rotatable bonds is 2. The van der Waals surface area contributed by atoms with Crippen LogP contribution in [-0.4, -0.2) is 27.7 Å². The molecule has 8 heteroatoms. The molecule has 0 amide bonds. The van der Waals surface area contributed by atoms with Crippen molar-refractivity contribution in [2.24, 2.45) is 0 Å². The van der Waals surface area contributed by atoms with E-state index in [-0.39, 0.29) is 10.6 Å². The smallest absolute Gasteiger partial charge is 0.292 e. The van der Waals surface area contributed by atoms with Gasteiger partial charge in [-0.3, -0.25) is 4.84 Å². The van der Waals surface area contributed by atoms with Gasteiger partial charge in [0.1, 0.15) is 17.3 Å². The fraction of sp³-hybridized carbons (Fsp3) is 0.538. The van der Waals surface area contributed by atoms with E-state index in [4.69, 9.17) is 17.1 Å². The zero-order valence-electron chi connectivity index (χ0n) is 11.6. The Bertz CT molecular complexity index is 574. The number of thiocarbonyl (C=S) groups is 1. The van der Waals surface area contributed by atoms with Crippen molar-refractivity contribution in [2.45, 2.75) is 44.8 Å². The van der Waals surface area contributed by atoms with Crippen LogP contribution < -0.4 is 5.48 Å². The minimum Gasteiger partial charge on any atom is -0.292 e. The normalized spacial score (nSPS) is 25.1. The van der Waals surface area contributed by atoms with Crippen LogP contribution in [0, 0.1) is 6.92 Å². The van der Waals surface area contributed by atoms with Crippen LogP contribution in [0.5, 0.6) is 0 Å².